The molecule has 0 saturated heterocycles. The average Bonchev–Trinajstić information content (AvgIpc) is 2.87. The van der Waals surface area contributed by atoms with Gasteiger partial charge in [-0.25, -0.2) is 0 Å². The number of hydrogen-bond donors (Lipinski definition) is 1. The molecule has 2 saturated carbocycles. The maximum Gasteiger partial charge on any atom is 0.0774 e. The fourth-order valence-electron chi connectivity index (χ4n) is 2.66. The van der Waals surface area contributed by atoms with Crippen LogP contribution in [0.25, 0.3) is 0 Å². The van der Waals surface area contributed by atoms with Crippen molar-refractivity contribution < 1.29 is 5.11 Å². The van der Waals surface area contributed by atoms with Crippen molar-refractivity contribution in [2.45, 2.75) is 64.0 Å². The van der Waals surface area contributed by atoms with Crippen molar-refractivity contribution in [1.82, 2.24) is 4.90 Å². The van der Waals surface area contributed by atoms with E-state index in [9.17, 15) is 5.11 Å². The van der Waals surface area contributed by atoms with Crippen molar-refractivity contribution in [3.8, 4) is 0 Å². The van der Waals surface area contributed by atoms with Crippen molar-refractivity contribution in [1.29, 1.82) is 0 Å². The predicted molar refractivity (Wildman–Crippen MR) is 62.9 cm³/mol. The van der Waals surface area contributed by atoms with E-state index in [1.165, 1.54) is 32.2 Å². The minimum absolute atomic E-state index is 0.362. The SMILES string of the molecule is CC(C)N(CC1CC1)CC1(O)CCCC1. The summed E-state index contributed by atoms with van der Waals surface area (Å²) in [6.45, 7) is 6.61. The van der Waals surface area contributed by atoms with Gasteiger partial charge in [-0.3, -0.25) is 4.90 Å². The Hall–Kier alpha value is -0.0800. The summed E-state index contributed by atoms with van der Waals surface area (Å²) in [4.78, 5) is 2.49. The van der Waals surface area contributed by atoms with Gasteiger partial charge >= 0.3 is 0 Å². The van der Waals surface area contributed by atoms with E-state index in [-0.39, 0.29) is 5.60 Å². The molecule has 0 aromatic carbocycles. The molecule has 2 heteroatoms. The van der Waals surface area contributed by atoms with E-state index in [0.29, 0.717) is 6.04 Å². The summed E-state index contributed by atoms with van der Waals surface area (Å²) in [5, 5.41) is 10.4. The summed E-state index contributed by atoms with van der Waals surface area (Å²) in [6.07, 6.45) is 7.27. The molecule has 15 heavy (non-hydrogen) atoms. The van der Waals surface area contributed by atoms with Crippen molar-refractivity contribution in [3.63, 3.8) is 0 Å². The van der Waals surface area contributed by atoms with Gasteiger partial charge in [-0.2, -0.15) is 0 Å². The largest absolute Gasteiger partial charge is 0.389 e. The smallest absolute Gasteiger partial charge is 0.0774 e. The van der Waals surface area contributed by atoms with E-state index in [1.807, 2.05) is 0 Å². The van der Waals surface area contributed by atoms with E-state index < -0.39 is 0 Å². The van der Waals surface area contributed by atoms with E-state index in [2.05, 4.69) is 18.7 Å². The highest BCUT2D eigenvalue weighted by molar-refractivity contribution is 4.89. The first-order valence-corrected chi connectivity index (χ1v) is 6.55. The molecule has 2 rings (SSSR count). The molecule has 2 nitrogen and oxygen atoms in total. The highest BCUT2D eigenvalue weighted by Crippen LogP contribution is 2.34. The monoisotopic (exact) mass is 211 g/mol. The standard InChI is InChI=1S/C13H25NO/c1-11(2)14(9-12-5-6-12)10-13(15)7-3-4-8-13/h11-12,15H,3-10H2,1-2H3. The molecular formula is C13H25NO. The van der Waals surface area contributed by atoms with Gasteiger partial charge < -0.3 is 5.11 Å². The molecule has 88 valence electrons. The number of hydrogen-bond acceptors (Lipinski definition) is 2. The fraction of sp³-hybridized carbons (Fsp3) is 1.00. The predicted octanol–water partition coefficient (Wildman–Crippen LogP) is 2.41. The molecule has 1 N–H and O–H groups in total. The quantitative estimate of drug-likeness (QED) is 0.755. The minimum atomic E-state index is -0.362. The highest BCUT2D eigenvalue weighted by Gasteiger charge is 2.35. The summed E-state index contributed by atoms with van der Waals surface area (Å²) in [5.41, 5.74) is -0.362. The van der Waals surface area contributed by atoms with Gasteiger partial charge in [0.05, 0.1) is 5.60 Å². The van der Waals surface area contributed by atoms with Crippen LogP contribution in [0.15, 0.2) is 0 Å². The number of rotatable bonds is 5. The zero-order chi connectivity index (χ0) is 10.9. The van der Waals surface area contributed by atoms with E-state index in [4.69, 9.17) is 0 Å². The van der Waals surface area contributed by atoms with Gasteiger partial charge in [0, 0.05) is 19.1 Å². The third-order valence-corrected chi connectivity index (χ3v) is 3.95. The molecule has 0 aromatic rings. The molecule has 2 aliphatic carbocycles. The minimum Gasteiger partial charge on any atom is -0.389 e. The van der Waals surface area contributed by atoms with E-state index in [0.717, 1.165) is 25.3 Å². The molecule has 0 atom stereocenters. The Labute approximate surface area is 93.7 Å². The topological polar surface area (TPSA) is 23.5 Å². The third-order valence-electron chi connectivity index (χ3n) is 3.95. The van der Waals surface area contributed by atoms with Crippen LogP contribution in [-0.2, 0) is 0 Å². The fourth-order valence-corrected chi connectivity index (χ4v) is 2.66. The molecule has 0 unspecified atom stereocenters. The van der Waals surface area contributed by atoms with Crippen LogP contribution in [0.5, 0.6) is 0 Å². The molecule has 0 amide bonds. The Morgan fingerprint density at radius 1 is 1.27 bits per heavy atom. The normalized spacial score (nSPS) is 25.4. The van der Waals surface area contributed by atoms with Crippen molar-refractivity contribution in [2.75, 3.05) is 13.1 Å². The zero-order valence-electron chi connectivity index (χ0n) is 10.2. The summed E-state index contributed by atoms with van der Waals surface area (Å²) in [5.74, 6) is 0.928. The first kappa shape index (κ1) is 11.4. The Balaban J connectivity index is 1.86. The first-order valence-electron chi connectivity index (χ1n) is 6.55. The maximum atomic E-state index is 10.4. The van der Waals surface area contributed by atoms with Crippen molar-refractivity contribution in [2.24, 2.45) is 5.92 Å². The van der Waals surface area contributed by atoms with Gasteiger partial charge in [0.25, 0.3) is 0 Å². The van der Waals surface area contributed by atoms with Crippen LogP contribution in [0.1, 0.15) is 52.4 Å². The average molecular weight is 211 g/mol. The molecule has 0 aromatic heterocycles. The molecule has 0 aliphatic heterocycles. The molecular weight excluding hydrogens is 186 g/mol. The maximum absolute atomic E-state index is 10.4. The first-order chi connectivity index (χ1) is 7.09. The molecule has 2 fully saturated rings. The van der Waals surface area contributed by atoms with Crippen molar-refractivity contribution >= 4 is 0 Å². The van der Waals surface area contributed by atoms with Crippen LogP contribution in [0, 0.1) is 5.92 Å². The number of aliphatic hydroxyl groups is 1. The Kier molecular flexibility index (Phi) is 3.36. The summed E-state index contributed by atoms with van der Waals surface area (Å²) >= 11 is 0. The van der Waals surface area contributed by atoms with Gasteiger partial charge in [0.1, 0.15) is 0 Å². The number of nitrogens with zero attached hydrogens (tertiary/aromatic N) is 1. The van der Waals surface area contributed by atoms with Crippen LogP contribution >= 0.6 is 0 Å². The van der Waals surface area contributed by atoms with Crippen LogP contribution in [0.3, 0.4) is 0 Å². The molecule has 0 bridgehead atoms. The van der Waals surface area contributed by atoms with Crippen LogP contribution in [0.2, 0.25) is 0 Å². The van der Waals surface area contributed by atoms with Crippen LogP contribution in [0.4, 0.5) is 0 Å². The van der Waals surface area contributed by atoms with Gasteiger partial charge in [-0.05, 0) is 45.4 Å². The Morgan fingerprint density at radius 3 is 2.33 bits per heavy atom. The molecule has 0 heterocycles. The molecule has 0 radical (unpaired) electrons. The van der Waals surface area contributed by atoms with Crippen molar-refractivity contribution in [3.05, 3.63) is 0 Å². The van der Waals surface area contributed by atoms with E-state index >= 15 is 0 Å². The van der Waals surface area contributed by atoms with Gasteiger partial charge in [-0.1, -0.05) is 12.8 Å². The van der Waals surface area contributed by atoms with E-state index in [1.54, 1.807) is 0 Å². The Morgan fingerprint density at radius 2 is 1.87 bits per heavy atom. The lowest BCUT2D eigenvalue weighted by Gasteiger charge is -2.34. The lowest BCUT2D eigenvalue weighted by atomic mass is 10.0. The van der Waals surface area contributed by atoms with Gasteiger partial charge in [0.2, 0.25) is 0 Å². The summed E-state index contributed by atoms with van der Waals surface area (Å²) < 4.78 is 0. The van der Waals surface area contributed by atoms with Crippen LogP contribution < -0.4 is 0 Å². The third kappa shape index (κ3) is 3.18. The lowest BCUT2D eigenvalue weighted by Crippen LogP contribution is -2.45. The second-order valence-electron chi connectivity index (χ2n) is 5.90. The molecule has 0 spiro atoms. The second-order valence-corrected chi connectivity index (χ2v) is 5.90. The van der Waals surface area contributed by atoms with Gasteiger partial charge in [-0.15, -0.1) is 0 Å². The summed E-state index contributed by atoms with van der Waals surface area (Å²) in [6, 6.07) is 0.579. The second kappa shape index (κ2) is 4.42. The lowest BCUT2D eigenvalue weighted by molar-refractivity contribution is -0.000819. The zero-order valence-corrected chi connectivity index (χ0v) is 10.2. The molecule has 2 aliphatic rings. The van der Waals surface area contributed by atoms with Crippen LogP contribution in [-0.4, -0.2) is 34.7 Å². The highest BCUT2D eigenvalue weighted by atomic mass is 16.3. The Bertz CT molecular complexity index is 205. The summed E-state index contributed by atoms with van der Waals surface area (Å²) in [7, 11) is 0. The van der Waals surface area contributed by atoms with Gasteiger partial charge in [0.15, 0.2) is 0 Å².